The van der Waals surface area contributed by atoms with Crippen LogP contribution in [0.5, 0.6) is 5.75 Å². The van der Waals surface area contributed by atoms with E-state index >= 15 is 0 Å². The number of rotatable bonds is 4. The van der Waals surface area contributed by atoms with Crippen molar-refractivity contribution in [1.29, 1.82) is 0 Å². The Kier molecular flexibility index (Phi) is 3.97. The summed E-state index contributed by atoms with van der Waals surface area (Å²) in [4.78, 5) is 0. The van der Waals surface area contributed by atoms with Crippen molar-refractivity contribution in [2.75, 3.05) is 13.3 Å². The molecule has 0 fully saturated rings. The van der Waals surface area contributed by atoms with Crippen LogP contribution >= 0.6 is 0 Å². The number of allylic oxidation sites excluding steroid dienone is 2. The molecule has 1 aromatic carbocycles. The SMILES string of the molecule is FCCOc1ccccc1C1=CCCCC1. The molecule has 0 spiro atoms. The van der Waals surface area contributed by atoms with Crippen molar-refractivity contribution in [1.82, 2.24) is 0 Å². The zero-order chi connectivity index (χ0) is 11.2. The van der Waals surface area contributed by atoms with Crippen LogP contribution in [0.1, 0.15) is 31.2 Å². The highest BCUT2D eigenvalue weighted by Gasteiger charge is 2.10. The van der Waals surface area contributed by atoms with Gasteiger partial charge in [0.1, 0.15) is 19.0 Å². The number of halogens is 1. The minimum Gasteiger partial charge on any atom is -0.490 e. The first-order valence-electron chi connectivity index (χ1n) is 5.89. The number of hydrogen-bond donors (Lipinski definition) is 0. The second kappa shape index (κ2) is 5.69. The molecule has 0 atom stereocenters. The van der Waals surface area contributed by atoms with Gasteiger partial charge in [0.15, 0.2) is 0 Å². The van der Waals surface area contributed by atoms with Gasteiger partial charge < -0.3 is 4.74 Å². The molecule has 0 bridgehead atoms. The minimum atomic E-state index is -0.437. The van der Waals surface area contributed by atoms with Crippen molar-refractivity contribution in [2.45, 2.75) is 25.7 Å². The van der Waals surface area contributed by atoms with Crippen molar-refractivity contribution >= 4 is 5.57 Å². The Morgan fingerprint density at radius 2 is 2.06 bits per heavy atom. The summed E-state index contributed by atoms with van der Waals surface area (Å²) in [5.74, 6) is 0.813. The van der Waals surface area contributed by atoms with Crippen LogP contribution in [0.4, 0.5) is 4.39 Å². The third-order valence-corrected chi connectivity index (χ3v) is 2.86. The van der Waals surface area contributed by atoms with Crippen molar-refractivity contribution in [3.8, 4) is 5.75 Å². The molecular formula is C14H17FO. The average Bonchev–Trinajstić information content (AvgIpc) is 2.38. The fourth-order valence-electron chi connectivity index (χ4n) is 2.09. The maximum atomic E-state index is 12.1. The molecule has 0 saturated carbocycles. The first-order valence-corrected chi connectivity index (χ1v) is 5.89. The van der Waals surface area contributed by atoms with Gasteiger partial charge in [-0.2, -0.15) is 0 Å². The number of alkyl halides is 1. The fourth-order valence-corrected chi connectivity index (χ4v) is 2.09. The Bertz CT molecular complexity index is 371. The highest BCUT2D eigenvalue weighted by molar-refractivity contribution is 5.70. The van der Waals surface area contributed by atoms with E-state index in [-0.39, 0.29) is 6.61 Å². The monoisotopic (exact) mass is 220 g/mol. The summed E-state index contributed by atoms with van der Waals surface area (Å²) in [6.07, 6.45) is 7.05. The maximum absolute atomic E-state index is 12.1. The molecule has 0 aromatic heterocycles. The van der Waals surface area contributed by atoms with Gasteiger partial charge in [0.25, 0.3) is 0 Å². The molecule has 2 heteroatoms. The van der Waals surface area contributed by atoms with E-state index in [4.69, 9.17) is 4.74 Å². The summed E-state index contributed by atoms with van der Waals surface area (Å²) < 4.78 is 17.5. The quantitative estimate of drug-likeness (QED) is 0.745. The molecule has 1 aliphatic carbocycles. The van der Waals surface area contributed by atoms with Crippen LogP contribution in [-0.2, 0) is 0 Å². The van der Waals surface area contributed by atoms with Gasteiger partial charge in [-0.3, -0.25) is 0 Å². The largest absolute Gasteiger partial charge is 0.490 e. The molecule has 0 aliphatic heterocycles. The summed E-state index contributed by atoms with van der Waals surface area (Å²) in [6.45, 7) is -0.294. The lowest BCUT2D eigenvalue weighted by molar-refractivity contribution is 0.272. The summed E-state index contributed by atoms with van der Waals surface area (Å²) in [5.41, 5.74) is 2.48. The molecule has 0 radical (unpaired) electrons. The Labute approximate surface area is 95.9 Å². The topological polar surface area (TPSA) is 9.23 Å². The number of benzene rings is 1. The zero-order valence-corrected chi connectivity index (χ0v) is 9.42. The van der Waals surface area contributed by atoms with Crippen LogP contribution in [0.15, 0.2) is 30.3 Å². The van der Waals surface area contributed by atoms with Crippen molar-refractivity contribution in [2.24, 2.45) is 0 Å². The first kappa shape index (κ1) is 11.2. The average molecular weight is 220 g/mol. The van der Waals surface area contributed by atoms with Gasteiger partial charge in [-0.15, -0.1) is 0 Å². The lowest BCUT2D eigenvalue weighted by Crippen LogP contribution is -2.02. The van der Waals surface area contributed by atoms with E-state index in [9.17, 15) is 4.39 Å². The van der Waals surface area contributed by atoms with E-state index in [1.807, 2.05) is 18.2 Å². The van der Waals surface area contributed by atoms with Crippen LogP contribution in [0.2, 0.25) is 0 Å². The van der Waals surface area contributed by atoms with Gasteiger partial charge in [0.05, 0.1) is 0 Å². The molecule has 2 rings (SSSR count). The van der Waals surface area contributed by atoms with E-state index in [0.717, 1.165) is 24.2 Å². The molecule has 0 amide bonds. The lowest BCUT2D eigenvalue weighted by atomic mass is 9.93. The summed E-state index contributed by atoms with van der Waals surface area (Å²) in [7, 11) is 0. The highest BCUT2D eigenvalue weighted by Crippen LogP contribution is 2.32. The van der Waals surface area contributed by atoms with Gasteiger partial charge in [-0.25, -0.2) is 4.39 Å². The molecule has 86 valence electrons. The molecule has 1 aliphatic rings. The Hall–Kier alpha value is -1.31. The molecule has 0 N–H and O–H groups in total. The summed E-state index contributed by atoms with van der Waals surface area (Å²) in [5, 5.41) is 0. The predicted octanol–water partition coefficient (Wildman–Crippen LogP) is 3.99. The molecule has 16 heavy (non-hydrogen) atoms. The first-order chi connectivity index (χ1) is 7.92. The third-order valence-electron chi connectivity index (χ3n) is 2.86. The van der Waals surface area contributed by atoms with Crippen LogP contribution in [0.3, 0.4) is 0 Å². The molecule has 1 nitrogen and oxygen atoms in total. The molecule has 0 heterocycles. The summed E-state index contributed by atoms with van der Waals surface area (Å²) in [6, 6.07) is 7.92. The molecule has 1 aromatic rings. The second-order valence-electron chi connectivity index (χ2n) is 4.01. The fraction of sp³-hybridized carbons (Fsp3) is 0.429. The number of hydrogen-bond acceptors (Lipinski definition) is 1. The standard InChI is InChI=1S/C14H17FO/c15-10-11-16-14-9-5-4-8-13(14)12-6-2-1-3-7-12/h4-6,8-9H,1-3,7,10-11H2. The van der Waals surface area contributed by atoms with Crippen molar-refractivity contribution in [3.63, 3.8) is 0 Å². The summed E-state index contributed by atoms with van der Waals surface area (Å²) >= 11 is 0. The van der Waals surface area contributed by atoms with E-state index in [1.54, 1.807) is 0 Å². The maximum Gasteiger partial charge on any atom is 0.126 e. The predicted molar refractivity (Wildman–Crippen MR) is 64.4 cm³/mol. The Morgan fingerprint density at radius 3 is 2.81 bits per heavy atom. The van der Waals surface area contributed by atoms with Gasteiger partial charge >= 0.3 is 0 Å². The Balaban J connectivity index is 2.21. The smallest absolute Gasteiger partial charge is 0.126 e. The zero-order valence-electron chi connectivity index (χ0n) is 9.42. The number of para-hydroxylation sites is 1. The van der Waals surface area contributed by atoms with Gasteiger partial charge in [-0.05, 0) is 37.3 Å². The Morgan fingerprint density at radius 1 is 1.19 bits per heavy atom. The minimum absolute atomic E-state index is 0.143. The van der Waals surface area contributed by atoms with E-state index in [1.165, 1.54) is 18.4 Å². The molecule has 0 unspecified atom stereocenters. The van der Waals surface area contributed by atoms with Crippen molar-refractivity contribution < 1.29 is 9.13 Å². The van der Waals surface area contributed by atoms with Gasteiger partial charge in [0, 0.05) is 5.56 Å². The molecular weight excluding hydrogens is 203 g/mol. The van der Waals surface area contributed by atoms with Gasteiger partial charge in [-0.1, -0.05) is 24.3 Å². The van der Waals surface area contributed by atoms with Crippen LogP contribution in [0.25, 0.3) is 5.57 Å². The van der Waals surface area contributed by atoms with Crippen molar-refractivity contribution in [3.05, 3.63) is 35.9 Å². The van der Waals surface area contributed by atoms with Crippen LogP contribution in [-0.4, -0.2) is 13.3 Å². The van der Waals surface area contributed by atoms with E-state index in [0.29, 0.717) is 0 Å². The van der Waals surface area contributed by atoms with Crippen LogP contribution < -0.4 is 4.74 Å². The highest BCUT2D eigenvalue weighted by atomic mass is 19.1. The lowest BCUT2D eigenvalue weighted by Gasteiger charge is -2.16. The third kappa shape index (κ3) is 2.63. The van der Waals surface area contributed by atoms with Crippen LogP contribution in [0, 0.1) is 0 Å². The van der Waals surface area contributed by atoms with E-state index in [2.05, 4.69) is 12.1 Å². The second-order valence-corrected chi connectivity index (χ2v) is 4.01. The van der Waals surface area contributed by atoms with E-state index < -0.39 is 6.67 Å². The van der Waals surface area contributed by atoms with Gasteiger partial charge in [0.2, 0.25) is 0 Å². The molecule has 0 saturated heterocycles. The normalized spacial score (nSPS) is 15.7. The number of ether oxygens (including phenoxy) is 1.